The van der Waals surface area contributed by atoms with Crippen molar-refractivity contribution >= 4 is 12.3 Å². The second kappa shape index (κ2) is 15.6. The van der Waals surface area contributed by atoms with E-state index in [1.165, 1.54) is 63.4 Å². The highest BCUT2D eigenvalue weighted by Gasteiger charge is 2.57. The van der Waals surface area contributed by atoms with Crippen LogP contribution in [0.2, 0.25) is 0 Å². The molecule has 1 aromatic rings. The van der Waals surface area contributed by atoms with Gasteiger partial charge in [0.05, 0.1) is 11.5 Å². The van der Waals surface area contributed by atoms with Gasteiger partial charge in [0.15, 0.2) is 0 Å². The average Bonchev–Trinajstić information content (AvgIpc) is 3.00. The molecule has 0 amide bonds. The van der Waals surface area contributed by atoms with Gasteiger partial charge in [0.1, 0.15) is 23.7 Å². The SMILES string of the molecule is Cc1c(C)c(C(CC=O)C(=O)OC2C3CC4CC(C3)CC2(N)C4)c(C)c2c1OC(C)(CCCC(C)CCCC(C)CCCC(C)C)CC2. The van der Waals surface area contributed by atoms with Crippen molar-refractivity contribution < 1.29 is 19.1 Å². The van der Waals surface area contributed by atoms with Gasteiger partial charge in [0.2, 0.25) is 0 Å². The summed E-state index contributed by atoms with van der Waals surface area (Å²) in [5, 5.41) is 0. The standard InChI is InChI=1S/C43H69NO4/c1-27(2)12-9-13-28(3)14-10-15-29(4)16-11-19-42(8)20-17-36-32(7)38(30(5)31(6)39(36)48-42)37(18-21-45)41(46)47-40-35-23-33-22-34(24-35)26-43(40,44)25-33/h21,27-29,33-35,37,40H,9-20,22-26,44H2,1-8H3. The minimum atomic E-state index is -0.606. The summed E-state index contributed by atoms with van der Waals surface area (Å²) in [6, 6.07) is 0. The van der Waals surface area contributed by atoms with Gasteiger partial charge in [-0.15, -0.1) is 0 Å². The molecule has 270 valence electrons. The number of hydrogen-bond donors (Lipinski definition) is 1. The van der Waals surface area contributed by atoms with Crippen LogP contribution in [0.25, 0.3) is 0 Å². The Hall–Kier alpha value is -1.88. The number of rotatable bonds is 17. The third-order valence-electron chi connectivity index (χ3n) is 13.4. The van der Waals surface area contributed by atoms with Gasteiger partial charge in [-0.1, -0.05) is 72.6 Å². The Morgan fingerprint density at radius 1 is 0.896 bits per heavy atom. The number of fused-ring (bicyclic) bond motifs is 1. The molecular formula is C43H69NO4. The summed E-state index contributed by atoms with van der Waals surface area (Å²) < 4.78 is 13.3. The number of hydrogen-bond acceptors (Lipinski definition) is 5. The predicted molar refractivity (Wildman–Crippen MR) is 197 cm³/mol. The molecule has 7 atom stereocenters. The molecule has 6 rings (SSSR count). The highest BCUT2D eigenvalue weighted by Crippen LogP contribution is 2.56. The maximum atomic E-state index is 14.0. The maximum absolute atomic E-state index is 14.0. The molecule has 0 spiro atoms. The van der Waals surface area contributed by atoms with Crippen LogP contribution in [0, 0.1) is 56.3 Å². The van der Waals surface area contributed by atoms with Crippen molar-refractivity contribution in [3.63, 3.8) is 0 Å². The van der Waals surface area contributed by atoms with Crippen molar-refractivity contribution in [2.45, 2.75) is 188 Å². The Kier molecular flexibility index (Phi) is 12.1. The summed E-state index contributed by atoms with van der Waals surface area (Å²) in [4.78, 5) is 26.0. The van der Waals surface area contributed by atoms with E-state index >= 15 is 0 Å². The molecule has 4 fully saturated rings. The Balaban J connectivity index is 1.19. The van der Waals surface area contributed by atoms with Crippen molar-refractivity contribution in [1.29, 1.82) is 0 Å². The molecule has 2 N–H and O–H groups in total. The van der Waals surface area contributed by atoms with Crippen LogP contribution in [0.5, 0.6) is 5.75 Å². The van der Waals surface area contributed by atoms with Gasteiger partial charge in [0, 0.05) is 6.42 Å². The third kappa shape index (κ3) is 8.35. The molecular weight excluding hydrogens is 594 g/mol. The minimum absolute atomic E-state index is 0.132. The lowest BCUT2D eigenvalue weighted by Crippen LogP contribution is -2.66. The quantitative estimate of drug-likeness (QED) is 0.133. The van der Waals surface area contributed by atoms with E-state index in [-0.39, 0.29) is 24.1 Å². The Morgan fingerprint density at radius 3 is 2.08 bits per heavy atom. The summed E-state index contributed by atoms with van der Waals surface area (Å²) in [7, 11) is 0. The Morgan fingerprint density at radius 2 is 1.50 bits per heavy atom. The molecule has 1 aliphatic heterocycles. The fourth-order valence-electron chi connectivity index (χ4n) is 10.7. The van der Waals surface area contributed by atoms with Crippen LogP contribution in [0.1, 0.15) is 171 Å². The number of esters is 1. The van der Waals surface area contributed by atoms with Crippen molar-refractivity contribution in [3.05, 3.63) is 27.8 Å². The van der Waals surface area contributed by atoms with Crippen molar-refractivity contribution in [1.82, 2.24) is 0 Å². The van der Waals surface area contributed by atoms with Crippen LogP contribution in [0.15, 0.2) is 0 Å². The first kappa shape index (κ1) is 37.4. The maximum Gasteiger partial charge on any atom is 0.314 e. The van der Waals surface area contributed by atoms with E-state index in [0.717, 1.165) is 97.0 Å². The average molecular weight is 664 g/mol. The number of nitrogens with two attached hydrogens (primary N) is 1. The number of carbonyl (C=O) groups excluding carboxylic acids is 2. The summed E-state index contributed by atoms with van der Waals surface area (Å²) >= 11 is 0. The van der Waals surface area contributed by atoms with Crippen molar-refractivity contribution in [2.75, 3.05) is 0 Å². The van der Waals surface area contributed by atoms with Crippen molar-refractivity contribution in [2.24, 2.45) is 41.2 Å². The number of carbonyl (C=O) groups is 2. The van der Waals surface area contributed by atoms with E-state index in [9.17, 15) is 9.59 Å². The van der Waals surface area contributed by atoms with Gasteiger partial charge >= 0.3 is 5.97 Å². The summed E-state index contributed by atoms with van der Waals surface area (Å²) in [5.41, 5.74) is 11.8. The van der Waals surface area contributed by atoms with E-state index in [1.54, 1.807) is 0 Å². The van der Waals surface area contributed by atoms with E-state index < -0.39 is 11.5 Å². The van der Waals surface area contributed by atoms with E-state index in [2.05, 4.69) is 55.4 Å². The fraction of sp³-hybridized carbons (Fsp3) is 0.814. The summed E-state index contributed by atoms with van der Waals surface area (Å²) in [5.74, 6) is 4.26. The Labute approximate surface area is 293 Å². The largest absolute Gasteiger partial charge is 0.487 e. The van der Waals surface area contributed by atoms with Crippen LogP contribution in [-0.2, 0) is 20.7 Å². The first-order valence-corrected chi connectivity index (χ1v) is 20.0. The lowest BCUT2D eigenvalue weighted by atomic mass is 9.52. The van der Waals surface area contributed by atoms with Gasteiger partial charge < -0.3 is 20.0 Å². The van der Waals surface area contributed by atoms with Gasteiger partial charge in [-0.2, -0.15) is 0 Å². The number of benzene rings is 1. The monoisotopic (exact) mass is 664 g/mol. The first-order chi connectivity index (χ1) is 22.7. The number of ether oxygens (including phenoxy) is 2. The van der Waals surface area contributed by atoms with Crippen LogP contribution in [-0.4, -0.2) is 29.5 Å². The molecule has 1 heterocycles. The second-order valence-electron chi connectivity index (χ2n) is 18.2. The lowest BCUT2D eigenvalue weighted by Gasteiger charge is -2.58. The number of aldehydes is 1. The zero-order chi connectivity index (χ0) is 34.8. The summed E-state index contributed by atoms with van der Waals surface area (Å²) in [6.45, 7) is 18.2. The lowest BCUT2D eigenvalue weighted by molar-refractivity contribution is -0.176. The summed E-state index contributed by atoms with van der Waals surface area (Å²) in [6.07, 6.45) is 19.8. The molecule has 48 heavy (non-hydrogen) atoms. The van der Waals surface area contributed by atoms with Crippen LogP contribution in [0.4, 0.5) is 0 Å². The van der Waals surface area contributed by atoms with Crippen LogP contribution >= 0.6 is 0 Å². The molecule has 0 saturated heterocycles. The highest BCUT2D eigenvalue weighted by atomic mass is 16.5. The Bertz CT molecular complexity index is 1270. The molecule has 5 aliphatic rings. The second-order valence-corrected chi connectivity index (χ2v) is 18.2. The molecule has 4 saturated carbocycles. The van der Waals surface area contributed by atoms with Crippen LogP contribution < -0.4 is 10.5 Å². The van der Waals surface area contributed by atoms with Gasteiger partial charge in [0.25, 0.3) is 0 Å². The molecule has 4 aliphatic carbocycles. The third-order valence-corrected chi connectivity index (χ3v) is 13.4. The van der Waals surface area contributed by atoms with Gasteiger partial charge in [-0.25, -0.2) is 0 Å². The topological polar surface area (TPSA) is 78.6 Å². The molecule has 7 unspecified atom stereocenters. The highest BCUT2D eigenvalue weighted by molar-refractivity contribution is 5.83. The zero-order valence-electron chi connectivity index (χ0n) is 31.9. The van der Waals surface area contributed by atoms with Gasteiger partial charge in [-0.05, 0) is 149 Å². The molecule has 4 bridgehead atoms. The zero-order valence-corrected chi connectivity index (χ0v) is 31.9. The van der Waals surface area contributed by atoms with E-state index in [0.29, 0.717) is 17.8 Å². The fourth-order valence-corrected chi connectivity index (χ4v) is 10.7. The van der Waals surface area contributed by atoms with Gasteiger partial charge in [-0.3, -0.25) is 4.79 Å². The predicted octanol–water partition coefficient (Wildman–Crippen LogP) is 10.3. The molecule has 1 aromatic carbocycles. The van der Waals surface area contributed by atoms with E-state index in [1.807, 2.05) is 0 Å². The molecule has 0 aromatic heterocycles. The first-order valence-electron chi connectivity index (χ1n) is 20.0. The van der Waals surface area contributed by atoms with E-state index in [4.69, 9.17) is 15.2 Å². The van der Waals surface area contributed by atoms with Crippen LogP contribution in [0.3, 0.4) is 0 Å². The molecule has 5 heteroatoms. The minimum Gasteiger partial charge on any atom is -0.487 e. The smallest absolute Gasteiger partial charge is 0.314 e. The molecule has 5 nitrogen and oxygen atoms in total. The van der Waals surface area contributed by atoms with Crippen molar-refractivity contribution in [3.8, 4) is 5.75 Å². The normalized spacial score (nSPS) is 30.9. The molecule has 0 radical (unpaired) electrons.